The molecule has 7 unspecified atom stereocenters. The lowest BCUT2D eigenvalue weighted by molar-refractivity contribution is -0.146. The molecular formula is C38H59N7O15. The highest BCUT2D eigenvalue weighted by Crippen LogP contribution is 2.22. The van der Waals surface area contributed by atoms with Crippen LogP contribution in [0.1, 0.15) is 86.5 Å². The quantitative estimate of drug-likeness (QED) is 0.0250. The minimum Gasteiger partial charge on any atom is -0.481 e. The molecule has 7 atom stereocenters. The Morgan fingerprint density at radius 2 is 1.28 bits per heavy atom. The number of aliphatic carboxylic acids is 2. The Kier molecular flexibility index (Phi) is 22.2. The number of Topliss-reactive ketones (excluding diaryl/α,β-unsaturated/α-hetero) is 1. The van der Waals surface area contributed by atoms with E-state index in [2.05, 4.69) is 38.5 Å². The molecule has 9 N–H and O–H groups in total. The van der Waals surface area contributed by atoms with Crippen molar-refractivity contribution in [3.8, 4) is 0 Å². The predicted octanol–water partition coefficient (Wildman–Crippen LogP) is -2.35. The fraction of sp³-hybridized carbons (Fsp3) is 0.658. The van der Waals surface area contributed by atoms with Crippen LogP contribution in [0.25, 0.3) is 0 Å². The third kappa shape index (κ3) is 17.5. The van der Waals surface area contributed by atoms with Crippen LogP contribution in [0.4, 0.5) is 0 Å². The van der Waals surface area contributed by atoms with Crippen LogP contribution in [0.3, 0.4) is 0 Å². The Morgan fingerprint density at radius 3 is 1.78 bits per heavy atom. The number of carboxylic acids is 2. The van der Waals surface area contributed by atoms with E-state index in [4.69, 9.17) is 9.84 Å². The van der Waals surface area contributed by atoms with Crippen molar-refractivity contribution in [2.75, 3.05) is 19.7 Å². The van der Waals surface area contributed by atoms with Crippen LogP contribution in [0.2, 0.25) is 0 Å². The van der Waals surface area contributed by atoms with E-state index in [1.54, 1.807) is 34.6 Å². The summed E-state index contributed by atoms with van der Waals surface area (Å²) >= 11 is 0. The highest BCUT2D eigenvalue weighted by atomic mass is 16.5. The van der Waals surface area contributed by atoms with Gasteiger partial charge in [0.15, 0.2) is 0 Å². The van der Waals surface area contributed by atoms with Crippen molar-refractivity contribution in [2.45, 2.75) is 129 Å². The molecule has 1 aliphatic rings. The van der Waals surface area contributed by atoms with Gasteiger partial charge in [0.05, 0.1) is 12.1 Å². The summed E-state index contributed by atoms with van der Waals surface area (Å²) in [6, 6.07) is -8.38. The number of esters is 1. The Hall–Kier alpha value is -5.93. The lowest BCUT2D eigenvalue weighted by atomic mass is 9.98. The molecule has 0 aliphatic carbocycles. The average Bonchev–Trinajstić information content (AvgIpc) is 3.57. The van der Waals surface area contributed by atoms with E-state index in [1.165, 1.54) is 6.08 Å². The summed E-state index contributed by atoms with van der Waals surface area (Å²) in [7, 11) is 0. The molecule has 336 valence electrons. The monoisotopic (exact) mass is 853 g/mol. The average molecular weight is 854 g/mol. The van der Waals surface area contributed by atoms with Gasteiger partial charge in [-0.1, -0.05) is 53.7 Å². The predicted molar refractivity (Wildman–Crippen MR) is 209 cm³/mol. The Balaban J connectivity index is 3.25. The smallest absolute Gasteiger partial charge is 0.325 e. The number of aliphatic hydroxyl groups excluding tert-OH is 1. The molecule has 1 aliphatic heterocycles. The zero-order valence-electron chi connectivity index (χ0n) is 34.7. The van der Waals surface area contributed by atoms with Gasteiger partial charge in [-0.25, -0.2) is 0 Å². The Labute approximate surface area is 347 Å². The van der Waals surface area contributed by atoms with Crippen LogP contribution >= 0.6 is 0 Å². The standard InChI is InChI=1S/C38H59N7O15/c1-8-10-23(32(53)37(58)39-17-29(52)60-15-9-2)41-35(56)26-16-22(47)18-45(26)38(59)31(20(5)6)44-36(57)30(19(3)4)43-34(55)25(12-14-28(50)51)42-33(54)24(40-21(7)46)11-13-27(48)49/h9,19-20,22-26,30-31,47H,2,8,10-18H2,1,3-7H3,(H,39,58)(H,40,46)(H,41,56)(H,42,54)(H,43,55)(H,44,57)(H,48,49)(H,50,51). The third-order valence-corrected chi connectivity index (χ3v) is 9.15. The molecule has 0 aromatic carbocycles. The second-order valence-corrected chi connectivity index (χ2v) is 14.9. The van der Waals surface area contributed by atoms with Crippen molar-refractivity contribution in [1.82, 2.24) is 36.8 Å². The normalized spacial score (nSPS) is 17.2. The van der Waals surface area contributed by atoms with E-state index in [1.807, 2.05) is 0 Å². The summed E-state index contributed by atoms with van der Waals surface area (Å²) in [6.45, 7) is 11.4. The molecule has 0 spiro atoms. The molecule has 22 heteroatoms. The van der Waals surface area contributed by atoms with Gasteiger partial charge < -0.3 is 56.9 Å². The van der Waals surface area contributed by atoms with Crippen molar-refractivity contribution in [3.63, 3.8) is 0 Å². The summed E-state index contributed by atoms with van der Waals surface area (Å²) in [5.74, 6) is -12.1. The van der Waals surface area contributed by atoms with Crippen molar-refractivity contribution in [3.05, 3.63) is 12.7 Å². The molecule has 1 fully saturated rings. The van der Waals surface area contributed by atoms with Crippen LogP contribution in [-0.4, -0.2) is 147 Å². The number of hydrogen-bond donors (Lipinski definition) is 9. The summed E-state index contributed by atoms with van der Waals surface area (Å²) in [5.41, 5.74) is 0. The number of likely N-dealkylation sites (tertiary alicyclic amines) is 1. The van der Waals surface area contributed by atoms with Gasteiger partial charge in [0.2, 0.25) is 41.2 Å². The lowest BCUT2D eigenvalue weighted by Crippen LogP contribution is -2.61. The Bertz CT molecular complexity index is 1620. The van der Waals surface area contributed by atoms with Crippen molar-refractivity contribution < 1.29 is 72.8 Å². The Morgan fingerprint density at radius 1 is 0.750 bits per heavy atom. The maximum atomic E-state index is 14.1. The zero-order chi connectivity index (χ0) is 45.9. The molecule has 1 rings (SSSR count). The van der Waals surface area contributed by atoms with Gasteiger partial charge in [-0.2, -0.15) is 0 Å². The van der Waals surface area contributed by atoms with Gasteiger partial charge in [-0.3, -0.25) is 52.7 Å². The number of β-amino-alcohol motifs (C(OH)–C–C–N with tert-alkyl or cyclic N) is 1. The topological polar surface area (TPSA) is 333 Å². The van der Waals surface area contributed by atoms with E-state index in [0.29, 0.717) is 6.42 Å². The number of carbonyl (C=O) groups is 11. The highest BCUT2D eigenvalue weighted by Gasteiger charge is 2.44. The molecule has 0 radical (unpaired) electrons. The maximum absolute atomic E-state index is 14.1. The second-order valence-electron chi connectivity index (χ2n) is 14.9. The van der Waals surface area contributed by atoms with Crippen LogP contribution in [-0.2, 0) is 57.5 Å². The summed E-state index contributed by atoms with van der Waals surface area (Å²) in [6.07, 6.45) is -1.71. The number of ether oxygens (including phenoxy) is 1. The van der Waals surface area contributed by atoms with Crippen LogP contribution in [0, 0.1) is 11.8 Å². The fourth-order valence-electron chi connectivity index (χ4n) is 6.05. The molecule has 60 heavy (non-hydrogen) atoms. The molecule has 1 heterocycles. The molecule has 0 bridgehead atoms. The number of amides is 7. The maximum Gasteiger partial charge on any atom is 0.325 e. The van der Waals surface area contributed by atoms with Gasteiger partial charge in [0.1, 0.15) is 43.4 Å². The first-order valence-electron chi connectivity index (χ1n) is 19.5. The molecular weight excluding hydrogens is 794 g/mol. The first-order valence-corrected chi connectivity index (χ1v) is 19.5. The fourth-order valence-corrected chi connectivity index (χ4v) is 6.05. The number of ketones is 1. The van der Waals surface area contributed by atoms with E-state index < -0.39 is 145 Å². The molecule has 7 amide bonds. The number of carboxylic acid groups (broad SMARTS) is 2. The third-order valence-electron chi connectivity index (χ3n) is 9.15. The second kappa shape index (κ2) is 25.5. The van der Waals surface area contributed by atoms with Gasteiger partial charge in [0, 0.05) is 32.7 Å². The SMILES string of the molecule is C=CCOC(=O)CNC(=O)C(=O)C(CCC)NC(=O)C1CC(O)CN1C(=O)C(NC(=O)C(NC(=O)C(CCC(=O)O)NC(=O)C(CCC(=O)O)NC(C)=O)C(C)C)C(C)C. The highest BCUT2D eigenvalue weighted by molar-refractivity contribution is 6.38. The van der Waals surface area contributed by atoms with Crippen molar-refractivity contribution in [2.24, 2.45) is 11.8 Å². The van der Waals surface area contributed by atoms with E-state index in [0.717, 1.165) is 11.8 Å². The van der Waals surface area contributed by atoms with E-state index in [-0.39, 0.29) is 32.4 Å². The number of nitrogens with one attached hydrogen (secondary N) is 6. The first-order chi connectivity index (χ1) is 28.0. The molecule has 0 saturated carbocycles. The summed E-state index contributed by atoms with van der Waals surface area (Å²) in [5, 5.41) is 43.2. The van der Waals surface area contributed by atoms with Crippen molar-refractivity contribution >= 4 is 65.0 Å². The van der Waals surface area contributed by atoms with E-state index >= 15 is 0 Å². The molecule has 0 aromatic heterocycles. The largest absolute Gasteiger partial charge is 0.481 e. The number of nitrogens with zero attached hydrogens (tertiary/aromatic N) is 1. The van der Waals surface area contributed by atoms with Crippen LogP contribution in [0.5, 0.6) is 0 Å². The van der Waals surface area contributed by atoms with E-state index in [9.17, 15) is 63.0 Å². The summed E-state index contributed by atoms with van der Waals surface area (Å²) in [4.78, 5) is 141. The zero-order valence-corrected chi connectivity index (χ0v) is 34.7. The summed E-state index contributed by atoms with van der Waals surface area (Å²) < 4.78 is 4.76. The number of rotatable bonds is 26. The molecule has 0 aromatic rings. The minimum atomic E-state index is -1.56. The number of hydrogen-bond acceptors (Lipinski definition) is 13. The van der Waals surface area contributed by atoms with Gasteiger partial charge in [-0.05, 0) is 31.1 Å². The van der Waals surface area contributed by atoms with Gasteiger partial charge in [-0.15, -0.1) is 0 Å². The molecule has 22 nitrogen and oxygen atoms in total. The first kappa shape index (κ1) is 52.1. The van der Waals surface area contributed by atoms with Gasteiger partial charge in [0.25, 0.3) is 5.91 Å². The van der Waals surface area contributed by atoms with Crippen LogP contribution < -0.4 is 31.9 Å². The van der Waals surface area contributed by atoms with Crippen molar-refractivity contribution in [1.29, 1.82) is 0 Å². The van der Waals surface area contributed by atoms with Crippen LogP contribution in [0.15, 0.2) is 12.7 Å². The number of carbonyl (C=O) groups excluding carboxylic acids is 9. The number of aliphatic hydroxyl groups is 1. The lowest BCUT2D eigenvalue weighted by Gasteiger charge is -2.32. The minimum absolute atomic E-state index is 0.0105. The molecule has 1 saturated heterocycles. The van der Waals surface area contributed by atoms with Gasteiger partial charge >= 0.3 is 17.9 Å².